The minimum absolute atomic E-state index is 0.0935. The highest BCUT2D eigenvalue weighted by atomic mass is 19.4. The Balaban J connectivity index is 1.91. The third-order valence-electron chi connectivity index (χ3n) is 4.00. The van der Waals surface area contributed by atoms with E-state index >= 15 is 0 Å². The molecule has 1 heterocycles. The van der Waals surface area contributed by atoms with Crippen LogP contribution < -0.4 is 10.1 Å². The fourth-order valence-corrected chi connectivity index (χ4v) is 2.74. The van der Waals surface area contributed by atoms with Crippen molar-refractivity contribution in [2.75, 3.05) is 18.5 Å². The molecule has 2 aromatic rings. The van der Waals surface area contributed by atoms with Gasteiger partial charge in [0.15, 0.2) is 6.61 Å². The first kappa shape index (κ1) is 19.5. The van der Waals surface area contributed by atoms with Gasteiger partial charge in [0.2, 0.25) is 0 Å². The van der Waals surface area contributed by atoms with E-state index in [-0.39, 0.29) is 24.5 Å². The summed E-state index contributed by atoms with van der Waals surface area (Å²) in [5.41, 5.74) is 0.320. The number of para-hydroxylation sites is 1. The molecule has 5 nitrogen and oxygen atoms in total. The molecule has 0 spiro atoms. The number of ether oxygens (including phenoxy) is 2. The zero-order valence-electron chi connectivity index (χ0n) is 14.8. The van der Waals surface area contributed by atoms with Crippen LogP contribution in [0.15, 0.2) is 42.5 Å². The Kier molecular flexibility index (Phi) is 5.39. The van der Waals surface area contributed by atoms with Crippen LogP contribution in [0.2, 0.25) is 0 Å². The lowest BCUT2D eigenvalue weighted by Crippen LogP contribution is -2.15. The second-order valence-corrected chi connectivity index (χ2v) is 5.90. The molecule has 0 aromatic heterocycles. The van der Waals surface area contributed by atoms with E-state index in [1.54, 1.807) is 31.2 Å². The van der Waals surface area contributed by atoms with Gasteiger partial charge in [-0.2, -0.15) is 13.2 Å². The summed E-state index contributed by atoms with van der Waals surface area (Å²) in [4.78, 5) is 23.8. The van der Waals surface area contributed by atoms with E-state index in [2.05, 4.69) is 5.32 Å². The number of anilines is 1. The van der Waals surface area contributed by atoms with E-state index in [1.807, 2.05) is 0 Å². The third kappa shape index (κ3) is 4.16. The minimum Gasteiger partial charge on any atom is -0.481 e. The lowest BCUT2D eigenvalue weighted by Gasteiger charge is -2.09. The molecule has 0 aliphatic carbocycles. The molecule has 0 atom stereocenters. The van der Waals surface area contributed by atoms with Crippen LogP contribution in [0.1, 0.15) is 23.6 Å². The summed E-state index contributed by atoms with van der Waals surface area (Å²) in [7, 11) is 0. The summed E-state index contributed by atoms with van der Waals surface area (Å²) >= 11 is 0. The van der Waals surface area contributed by atoms with Crippen molar-refractivity contribution in [1.29, 1.82) is 0 Å². The molecule has 1 N–H and O–H groups in total. The number of amides is 1. The largest absolute Gasteiger partial charge is 0.481 e. The van der Waals surface area contributed by atoms with Crippen LogP contribution in [0.4, 0.5) is 18.9 Å². The summed E-state index contributed by atoms with van der Waals surface area (Å²) < 4.78 is 48.9. The number of esters is 1. The Hall–Kier alpha value is -3.29. The van der Waals surface area contributed by atoms with E-state index in [1.165, 1.54) is 12.1 Å². The van der Waals surface area contributed by atoms with Crippen molar-refractivity contribution in [1.82, 2.24) is 0 Å². The van der Waals surface area contributed by atoms with Crippen molar-refractivity contribution >= 4 is 29.2 Å². The maximum absolute atomic E-state index is 12.9. The van der Waals surface area contributed by atoms with Crippen molar-refractivity contribution in [3.63, 3.8) is 0 Å². The normalized spacial score (nSPS) is 14.6. The van der Waals surface area contributed by atoms with Crippen molar-refractivity contribution in [2.24, 2.45) is 0 Å². The predicted molar refractivity (Wildman–Crippen MR) is 96.5 cm³/mol. The van der Waals surface area contributed by atoms with Gasteiger partial charge in [-0.25, -0.2) is 4.79 Å². The van der Waals surface area contributed by atoms with Gasteiger partial charge in [0, 0.05) is 22.4 Å². The number of halogens is 3. The molecule has 28 heavy (non-hydrogen) atoms. The van der Waals surface area contributed by atoms with Crippen LogP contribution in [0.3, 0.4) is 0 Å². The molecule has 146 valence electrons. The van der Waals surface area contributed by atoms with Crippen molar-refractivity contribution in [3.8, 4) is 5.75 Å². The molecule has 0 saturated heterocycles. The molecule has 0 saturated carbocycles. The number of hydrogen-bond donors (Lipinski definition) is 1. The van der Waals surface area contributed by atoms with Gasteiger partial charge in [0.1, 0.15) is 5.75 Å². The molecule has 3 rings (SSSR count). The molecular weight excluding hydrogens is 375 g/mol. The molecular formula is C20H16F3NO4. The number of alkyl halides is 3. The Bertz CT molecular complexity index is 951. The number of hydrogen-bond acceptors (Lipinski definition) is 4. The summed E-state index contributed by atoms with van der Waals surface area (Å²) in [6.45, 7) is 1.60. The molecule has 1 aliphatic heterocycles. The Labute approximate surface area is 158 Å². The van der Waals surface area contributed by atoms with Gasteiger partial charge < -0.3 is 14.8 Å². The second-order valence-electron chi connectivity index (χ2n) is 5.90. The first-order valence-electron chi connectivity index (χ1n) is 8.41. The van der Waals surface area contributed by atoms with E-state index < -0.39 is 23.6 Å². The molecule has 0 fully saturated rings. The topological polar surface area (TPSA) is 64.6 Å². The zero-order valence-corrected chi connectivity index (χ0v) is 14.8. The van der Waals surface area contributed by atoms with Crippen molar-refractivity contribution in [2.45, 2.75) is 13.1 Å². The molecule has 0 radical (unpaired) electrons. The Morgan fingerprint density at radius 1 is 1.18 bits per heavy atom. The minimum atomic E-state index is -4.50. The van der Waals surface area contributed by atoms with Crippen LogP contribution in [0.5, 0.6) is 5.75 Å². The average molecular weight is 391 g/mol. The predicted octanol–water partition coefficient (Wildman–Crippen LogP) is 4.14. The van der Waals surface area contributed by atoms with E-state index in [0.29, 0.717) is 16.9 Å². The lowest BCUT2D eigenvalue weighted by molar-refractivity contribution is -0.145. The number of carbonyl (C=O) groups excluding carboxylic acids is 2. The monoisotopic (exact) mass is 391 g/mol. The zero-order chi connectivity index (χ0) is 20.3. The number of rotatable bonds is 5. The molecule has 8 heteroatoms. The van der Waals surface area contributed by atoms with Crippen molar-refractivity contribution in [3.05, 3.63) is 59.2 Å². The SMILES string of the molecule is CCOC(=O)COc1ccccc1/C=C1\C(=O)Nc2cc(C(F)(F)F)ccc21. The summed E-state index contributed by atoms with van der Waals surface area (Å²) in [6, 6.07) is 9.78. The van der Waals surface area contributed by atoms with Gasteiger partial charge in [-0.05, 0) is 31.2 Å². The third-order valence-corrected chi connectivity index (χ3v) is 4.00. The number of carbonyl (C=O) groups is 2. The summed E-state index contributed by atoms with van der Waals surface area (Å²) in [5.74, 6) is -0.709. The van der Waals surface area contributed by atoms with Crippen LogP contribution >= 0.6 is 0 Å². The average Bonchev–Trinajstić information content (AvgIpc) is 2.95. The fraction of sp³-hybridized carbons (Fsp3) is 0.200. The summed E-state index contributed by atoms with van der Waals surface area (Å²) in [5, 5.41) is 2.44. The summed E-state index contributed by atoms with van der Waals surface area (Å²) in [6.07, 6.45) is -2.99. The van der Waals surface area contributed by atoms with Gasteiger partial charge in [-0.3, -0.25) is 4.79 Å². The fourth-order valence-electron chi connectivity index (χ4n) is 2.74. The lowest BCUT2D eigenvalue weighted by atomic mass is 10.0. The number of benzene rings is 2. The van der Waals surface area contributed by atoms with Crippen LogP contribution in [0, 0.1) is 0 Å². The number of nitrogens with one attached hydrogen (secondary N) is 1. The number of fused-ring (bicyclic) bond motifs is 1. The molecule has 1 amide bonds. The molecule has 0 unspecified atom stereocenters. The van der Waals surface area contributed by atoms with Gasteiger partial charge in [0.25, 0.3) is 5.91 Å². The van der Waals surface area contributed by atoms with E-state index in [0.717, 1.165) is 12.1 Å². The van der Waals surface area contributed by atoms with Crippen LogP contribution in [-0.2, 0) is 20.5 Å². The van der Waals surface area contributed by atoms with Gasteiger partial charge >= 0.3 is 12.1 Å². The van der Waals surface area contributed by atoms with Gasteiger partial charge in [-0.1, -0.05) is 24.3 Å². The molecule has 2 aromatic carbocycles. The second kappa shape index (κ2) is 7.75. The van der Waals surface area contributed by atoms with Crippen LogP contribution in [0.25, 0.3) is 11.6 Å². The van der Waals surface area contributed by atoms with E-state index in [9.17, 15) is 22.8 Å². The highest BCUT2D eigenvalue weighted by Gasteiger charge is 2.33. The molecule has 1 aliphatic rings. The first-order chi connectivity index (χ1) is 13.3. The first-order valence-corrected chi connectivity index (χ1v) is 8.41. The quantitative estimate of drug-likeness (QED) is 0.615. The highest BCUT2D eigenvalue weighted by Crippen LogP contribution is 2.39. The smallest absolute Gasteiger partial charge is 0.416 e. The Morgan fingerprint density at radius 3 is 2.64 bits per heavy atom. The molecule has 0 bridgehead atoms. The van der Waals surface area contributed by atoms with Gasteiger partial charge in [-0.15, -0.1) is 0 Å². The standard InChI is InChI=1S/C20H16F3NO4/c1-2-27-18(25)11-28-17-6-4-3-5-12(17)9-15-14-8-7-13(20(21,22)23)10-16(14)24-19(15)26/h3-10H,2,11H2,1H3,(H,24,26)/b15-9-. The maximum Gasteiger partial charge on any atom is 0.416 e. The van der Waals surface area contributed by atoms with Gasteiger partial charge in [0.05, 0.1) is 12.2 Å². The Morgan fingerprint density at radius 2 is 1.93 bits per heavy atom. The highest BCUT2D eigenvalue weighted by molar-refractivity contribution is 6.35. The maximum atomic E-state index is 12.9. The van der Waals surface area contributed by atoms with Crippen LogP contribution in [-0.4, -0.2) is 25.1 Å². The van der Waals surface area contributed by atoms with E-state index in [4.69, 9.17) is 9.47 Å². The van der Waals surface area contributed by atoms with Crippen molar-refractivity contribution < 1.29 is 32.2 Å².